The number of unbranched alkanes of at least 4 members (excludes halogenated alkanes) is 1. The number of carbonyl (C=O) groups excluding carboxylic acids is 2. The lowest BCUT2D eigenvalue weighted by Gasteiger charge is -2.42. The van der Waals surface area contributed by atoms with Gasteiger partial charge in [0.15, 0.2) is 0 Å². The standard InChI is InChI=1S/C16H28N2O3/c1-3-5-11-21-12-7-10-17-13(4-2)15(19)18-9-6-8-14(18)16(17)20/h13-14H,3-12H2,1-2H3. The lowest BCUT2D eigenvalue weighted by atomic mass is 10.0. The fourth-order valence-electron chi connectivity index (χ4n) is 3.30. The van der Waals surface area contributed by atoms with Crippen molar-refractivity contribution in [2.45, 2.75) is 64.5 Å². The number of amides is 2. The highest BCUT2D eigenvalue weighted by molar-refractivity contribution is 5.97. The maximum atomic E-state index is 12.6. The average molecular weight is 296 g/mol. The van der Waals surface area contributed by atoms with Gasteiger partial charge in [0, 0.05) is 26.3 Å². The van der Waals surface area contributed by atoms with Gasteiger partial charge in [0.05, 0.1) is 0 Å². The van der Waals surface area contributed by atoms with Gasteiger partial charge in [-0.05, 0) is 32.1 Å². The Morgan fingerprint density at radius 3 is 2.62 bits per heavy atom. The fourth-order valence-corrected chi connectivity index (χ4v) is 3.30. The number of hydrogen-bond donors (Lipinski definition) is 0. The van der Waals surface area contributed by atoms with Crippen molar-refractivity contribution in [2.75, 3.05) is 26.3 Å². The predicted molar refractivity (Wildman–Crippen MR) is 80.9 cm³/mol. The van der Waals surface area contributed by atoms with Gasteiger partial charge in [0.25, 0.3) is 0 Å². The van der Waals surface area contributed by atoms with Crippen LogP contribution in [0.25, 0.3) is 0 Å². The highest BCUT2D eigenvalue weighted by atomic mass is 16.5. The summed E-state index contributed by atoms with van der Waals surface area (Å²) in [5, 5.41) is 0. The molecule has 2 aliphatic rings. The number of ether oxygens (including phenoxy) is 1. The summed E-state index contributed by atoms with van der Waals surface area (Å²) in [4.78, 5) is 28.6. The van der Waals surface area contributed by atoms with Crippen LogP contribution in [-0.4, -0.2) is 60.0 Å². The highest BCUT2D eigenvalue weighted by Crippen LogP contribution is 2.28. The molecule has 2 rings (SSSR count). The second-order valence-corrected chi connectivity index (χ2v) is 5.96. The van der Waals surface area contributed by atoms with Gasteiger partial charge in [-0.15, -0.1) is 0 Å². The van der Waals surface area contributed by atoms with E-state index in [1.165, 1.54) is 0 Å². The first kappa shape index (κ1) is 16.3. The zero-order chi connectivity index (χ0) is 15.2. The second-order valence-electron chi connectivity index (χ2n) is 5.96. The summed E-state index contributed by atoms with van der Waals surface area (Å²) < 4.78 is 5.55. The molecule has 0 aliphatic carbocycles. The second kappa shape index (κ2) is 7.78. The van der Waals surface area contributed by atoms with Gasteiger partial charge >= 0.3 is 0 Å². The Labute approximate surface area is 127 Å². The Kier molecular flexibility index (Phi) is 6.03. The zero-order valence-corrected chi connectivity index (χ0v) is 13.3. The number of piperazine rings is 1. The van der Waals surface area contributed by atoms with Crippen molar-refractivity contribution < 1.29 is 14.3 Å². The van der Waals surface area contributed by atoms with Crippen molar-refractivity contribution in [3.05, 3.63) is 0 Å². The summed E-state index contributed by atoms with van der Waals surface area (Å²) in [6.07, 6.45) is 5.50. The third-order valence-electron chi connectivity index (χ3n) is 4.48. The van der Waals surface area contributed by atoms with E-state index in [-0.39, 0.29) is 23.9 Å². The highest BCUT2D eigenvalue weighted by Gasteiger charge is 2.46. The van der Waals surface area contributed by atoms with Crippen molar-refractivity contribution in [2.24, 2.45) is 0 Å². The van der Waals surface area contributed by atoms with E-state index in [9.17, 15) is 9.59 Å². The molecule has 2 fully saturated rings. The molecule has 2 atom stereocenters. The molecule has 2 saturated heterocycles. The first-order valence-corrected chi connectivity index (χ1v) is 8.39. The molecule has 0 aromatic rings. The van der Waals surface area contributed by atoms with Crippen LogP contribution in [0.4, 0.5) is 0 Å². The van der Waals surface area contributed by atoms with Crippen LogP contribution in [0.3, 0.4) is 0 Å². The monoisotopic (exact) mass is 296 g/mol. The van der Waals surface area contributed by atoms with Crippen LogP contribution >= 0.6 is 0 Å². The summed E-state index contributed by atoms with van der Waals surface area (Å²) in [5.41, 5.74) is 0. The number of nitrogens with zero attached hydrogens (tertiary/aromatic N) is 2. The Morgan fingerprint density at radius 2 is 1.90 bits per heavy atom. The lowest BCUT2D eigenvalue weighted by molar-refractivity contribution is -0.159. The molecule has 0 N–H and O–H groups in total. The number of carbonyl (C=O) groups is 2. The first-order chi connectivity index (χ1) is 10.2. The van der Waals surface area contributed by atoms with Crippen LogP contribution in [0, 0.1) is 0 Å². The van der Waals surface area contributed by atoms with E-state index in [0.29, 0.717) is 19.6 Å². The average Bonchev–Trinajstić information content (AvgIpc) is 2.97. The Hall–Kier alpha value is -1.10. The first-order valence-electron chi connectivity index (χ1n) is 8.39. The van der Waals surface area contributed by atoms with Gasteiger partial charge in [0.2, 0.25) is 11.8 Å². The molecular formula is C16H28N2O3. The Bertz CT molecular complexity index is 373. The van der Waals surface area contributed by atoms with Crippen molar-refractivity contribution in [1.82, 2.24) is 9.80 Å². The molecule has 2 aliphatic heterocycles. The SMILES string of the molecule is CCCCOCCCN1C(=O)C2CCCN2C(=O)C1CC. The van der Waals surface area contributed by atoms with E-state index in [2.05, 4.69) is 6.92 Å². The molecule has 21 heavy (non-hydrogen) atoms. The topological polar surface area (TPSA) is 49.9 Å². The molecule has 0 saturated carbocycles. The van der Waals surface area contributed by atoms with Crippen LogP contribution in [0.15, 0.2) is 0 Å². The smallest absolute Gasteiger partial charge is 0.246 e. The predicted octanol–water partition coefficient (Wildman–Crippen LogP) is 1.80. The molecule has 2 amide bonds. The largest absolute Gasteiger partial charge is 0.381 e. The number of fused-ring (bicyclic) bond motifs is 1. The molecule has 5 heteroatoms. The van der Waals surface area contributed by atoms with Crippen molar-refractivity contribution in [3.63, 3.8) is 0 Å². The van der Waals surface area contributed by atoms with Gasteiger partial charge in [0.1, 0.15) is 12.1 Å². The summed E-state index contributed by atoms with van der Waals surface area (Å²) in [7, 11) is 0. The van der Waals surface area contributed by atoms with Gasteiger partial charge in [-0.3, -0.25) is 9.59 Å². The number of hydrogen-bond acceptors (Lipinski definition) is 3. The zero-order valence-electron chi connectivity index (χ0n) is 13.3. The van der Waals surface area contributed by atoms with Crippen LogP contribution in [0.1, 0.15) is 52.4 Å². The molecule has 0 aromatic carbocycles. The summed E-state index contributed by atoms with van der Waals surface area (Å²) >= 11 is 0. The number of rotatable bonds is 8. The van der Waals surface area contributed by atoms with E-state index >= 15 is 0 Å². The van der Waals surface area contributed by atoms with Crippen LogP contribution in [0.2, 0.25) is 0 Å². The van der Waals surface area contributed by atoms with Crippen LogP contribution < -0.4 is 0 Å². The molecule has 5 nitrogen and oxygen atoms in total. The normalized spacial score (nSPS) is 25.6. The third kappa shape index (κ3) is 3.57. The third-order valence-corrected chi connectivity index (χ3v) is 4.48. The van der Waals surface area contributed by atoms with Crippen molar-refractivity contribution in [1.29, 1.82) is 0 Å². The van der Waals surface area contributed by atoms with E-state index in [1.807, 2.05) is 6.92 Å². The van der Waals surface area contributed by atoms with E-state index in [0.717, 1.165) is 45.3 Å². The van der Waals surface area contributed by atoms with E-state index in [1.54, 1.807) is 9.80 Å². The molecule has 2 heterocycles. The minimum atomic E-state index is -0.262. The van der Waals surface area contributed by atoms with Gasteiger partial charge < -0.3 is 14.5 Å². The quantitative estimate of drug-likeness (QED) is 0.642. The van der Waals surface area contributed by atoms with Gasteiger partial charge in [-0.25, -0.2) is 0 Å². The maximum Gasteiger partial charge on any atom is 0.246 e. The Balaban J connectivity index is 1.87. The van der Waals surface area contributed by atoms with Crippen LogP contribution in [0.5, 0.6) is 0 Å². The minimum Gasteiger partial charge on any atom is -0.381 e. The van der Waals surface area contributed by atoms with Crippen molar-refractivity contribution in [3.8, 4) is 0 Å². The van der Waals surface area contributed by atoms with E-state index < -0.39 is 0 Å². The van der Waals surface area contributed by atoms with Gasteiger partial charge in [-0.1, -0.05) is 20.3 Å². The lowest BCUT2D eigenvalue weighted by Crippen LogP contribution is -2.62. The maximum absolute atomic E-state index is 12.6. The molecule has 0 bridgehead atoms. The molecule has 0 spiro atoms. The minimum absolute atomic E-state index is 0.145. The van der Waals surface area contributed by atoms with E-state index in [4.69, 9.17) is 4.74 Å². The van der Waals surface area contributed by atoms with Crippen LogP contribution in [-0.2, 0) is 14.3 Å². The summed E-state index contributed by atoms with van der Waals surface area (Å²) in [6, 6.07) is -0.455. The molecule has 2 unspecified atom stereocenters. The molecule has 120 valence electrons. The van der Waals surface area contributed by atoms with Crippen molar-refractivity contribution >= 4 is 11.8 Å². The summed E-state index contributed by atoms with van der Waals surface area (Å²) in [5.74, 6) is 0.291. The van der Waals surface area contributed by atoms with Gasteiger partial charge in [-0.2, -0.15) is 0 Å². The fraction of sp³-hybridized carbons (Fsp3) is 0.875. The molecular weight excluding hydrogens is 268 g/mol. The molecule has 0 radical (unpaired) electrons. The Morgan fingerprint density at radius 1 is 1.14 bits per heavy atom. The summed E-state index contributed by atoms with van der Waals surface area (Å²) in [6.45, 7) is 6.97. The molecule has 0 aromatic heterocycles.